The normalized spacial score (nSPS) is 16.6. The average molecular weight is 527 g/mol. The number of amides is 1. The second-order valence-corrected chi connectivity index (χ2v) is 10.2. The summed E-state index contributed by atoms with van der Waals surface area (Å²) in [6.45, 7) is 8.65. The molecule has 10 heteroatoms. The Balaban J connectivity index is 1.27. The van der Waals surface area contributed by atoms with Gasteiger partial charge in [-0.3, -0.25) is 9.69 Å². The fraction of sp³-hybridized carbons (Fsp3) is 0.379. The summed E-state index contributed by atoms with van der Waals surface area (Å²) in [6.07, 6.45) is 0. The zero-order chi connectivity index (χ0) is 26.8. The lowest BCUT2D eigenvalue weighted by molar-refractivity contribution is -0.136. The van der Waals surface area contributed by atoms with Crippen LogP contribution in [0.25, 0.3) is 22.3 Å². The molecule has 39 heavy (non-hydrogen) atoms. The molecule has 0 radical (unpaired) electrons. The lowest BCUT2D eigenvalue weighted by Gasteiger charge is -2.36. The highest BCUT2D eigenvalue weighted by Gasteiger charge is 2.26. The standard InChI is InChI=1S/C29H34N8O2/c1-21-6-5-9-23(18-21)26-25-27(30)37(19-22-7-3-2-4-8-22)33-28(25)32-29(31-26)36-12-10-34(11-13-36)20-24(38)35-14-16-39-17-15-35/h2-9,18H,10-17,19-20,30H2,1H3. The monoisotopic (exact) mass is 526 g/mol. The zero-order valence-corrected chi connectivity index (χ0v) is 22.3. The number of hydrogen-bond acceptors (Lipinski definition) is 8. The smallest absolute Gasteiger partial charge is 0.236 e. The first-order valence-electron chi connectivity index (χ1n) is 13.5. The lowest BCUT2D eigenvalue weighted by atomic mass is 10.1. The van der Waals surface area contributed by atoms with Crippen LogP contribution in [0, 0.1) is 6.92 Å². The predicted molar refractivity (Wildman–Crippen MR) is 152 cm³/mol. The van der Waals surface area contributed by atoms with Gasteiger partial charge in [0.05, 0.1) is 37.4 Å². The minimum Gasteiger partial charge on any atom is -0.383 e. The maximum Gasteiger partial charge on any atom is 0.236 e. The molecule has 202 valence electrons. The van der Waals surface area contributed by atoms with Gasteiger partial charge in [-0.25, -0.2) is 9.67 Å². The number of benzene rings is 2. The number of nitrogens with two attached hydrogens (primary N) is 1. The van der Waals surface area contributed by atoms with Crippen molar-refractivity contribution in [2.45, 2.75) is 13.5 Å². The summed E-state index contributed by atoms with van der Waals surface area (Å²) in [5.41, 5.74) is 11.3. The first kappa shape index (κ1) is 25.3. The first-order chi connectivity index (χ1) is 19.0. The number of nitrogens with zero attached hydrogens (tertiary/aromatic N) is 7. The Morgan fingerprint density at radius 3 is 2.46 bits per heavy atom. The molecule has 4 heterocycles. The molecule has 0 aliphatic carbocycles. The van der Waals surface area contributed by atoms with E-state index in [1.165, 1.54) is 0 Å². The summed E-state index contributed by atoms with van der Waals surface area (Å²) in [4.78, 5) is 29.0. The Morgan fingerprint density at radius 1 is 0.949 bits per heavy atom. The van der Waals surface area contributed by atoms with E-state index in [2.05, 4.69) is 47.1 Å². The van der Waals surface area contributed by atoms with Crippen LogP contribution >= 0.6 is 0 Å². The second-order valence-electron chi connectivity index (χ2n) is 10.2. The molecule has 2 aliphatic heterocycles. The fourth-order valence-corrected chi connectivity index (χ4v) is 5.27. The number of aryl methyl sites for hydroxylation is 1. The summed E-state index contributed by atoms with van der Waals surface area (Å²) < 4.78 is 7.19. The van der Waals surface area contributed by atoms with Crippen LogP contribution in [-0.2, 0) is 16.1 Å². The third-order valence-corrected chi connectivity index (χ3v) is 7.47. The lowest BCUT2D eigenvalue weighted by Crippen LogP contribution is -2.51. The number of morpholine rings is 1. The van der Waals surface area contributed by atoms with Crippen molar-refractivity contribution >= 4 is 28.7 Å². The molecular formula is C29H34N8O2. The average Bonchev–Trinajstić information content (AvgIpc) is 3.28. The van der Waals surface area contributed by atoms with Crippen molar-refractivity contribution < 1.29 is 9.53 Å². The Kier molecular flexibility index (Phi) is 7.12. The van der Waals surface area contributed by atoms with E-state index in [0.717, 1.165) is 53.9 Å². The summed E-state index contributed by atoms with van der Waals surface area (Å²) in [7, 11) is 0. The summed E-state index contributed by atoms with van der Waals surface area (Å²) >= 11 is 0. The van der Waals surface area contributed by atoms with Crippen molar-refractivity contribution in [1.29, 1.82) is 0 Å². The topological polar surface area (TPSA) is 106 Å². The Hall–Kier alpha value is -4.02. The minimum absolute atomic E-state index is 0.172. The molecule has 0 spiro atoms. The van der Waals surface area contributed by atoms with Crippen LogP contribution in [0.15, 0.2) is 54.6 Å². The van der Waals surface area contributed by atoms with Crippen LogP contribution in [0.1, 0.15) is 11.1 Å². The Labute approximate surface area is 228 Å². The van der Waals surface area contributed by atoms with E-state index < -0.39 is 0 Å². The molecular weight excluding hydrogens is 492 g/mol. The summed E-state index contributed by atoms with van der Waals surface area (Å²) in [5, 5.41) is 5.59. The van der Waals surface area contributed by atoms with Gasteiger partial charge in [0.15, 0.2) is 5.65 Å². The van der Waals surface area contributed by atoms with Gasteiger partial charge in [0, 0.05) is 44.8 Å². The van der Waals surface area contributed by atoms with Gasteiger partial charge in [0.2, 0.25) is 11.9 Å². The largest absolute Gasteiger partial charge is 0.383 e. The molecule has 0 unspecified atom stereocenters. The van der Waals surface area contributed by atoms with Crippen molar-refractivity contribution in [1.82, 2.24) is 29.5 Å². The van der Waals surface area contributed by atoms with Gasteiger partial charge in [-0.05, 0) is 18.6 Å². The summed E-state index contributed by atoms with van der Waals surface area (Å²) in [6, 6.07) is 18.4. The molecule has 6 rings (SSSR count). The van der Waals surface area contributed by atoms with Gasteiger partial charge in [-0.15, -0.1) is 5.10 Å². The van der Waals surface area contributed by atoms with E-state index in [-0.39, 0.29) is 5.91 Å². The molecule has 2 fully saturated rings. The van der Waals surface area contributed by atoms with E-state index in [0.29, 0.717) is 56.8 Å². The molecule has 2 aromatic carbocycles. The molecule has 0 bridgehead atoms. The molecule has 2 saturated heterocycles. The van der Waals surface area contributed by atoms with Crippen LogP contribution in [0.5, 0.6) is 0 Å². The first-order valence-corrected chi connectivity index (χ1v) is 13.5. The number of aromatic nitrogens is 4. The highest BCUT2D eigenvalue weighted by Crippen LogP contribution is 2.33. The number of fused-ring (bicyclic) bond motifs is 1. The third-order valence-electron chi connectivity index (χ3n) is 7.47. The SMILES string of the molecule is Cc1cccc(-c2nc(N3CCN(CC(=O)N4CCOCC4)CC3)nc3nn(Cc4ccccc4)c(N)c23)c1. The van der Waals surface area contributed by atoms with Crippen LogP contribution in [-0.4, -0.2) is 94.5 Å². The van der Waals surface area contributed by atoms with Crippen LogP contribution < -0.4 is 10.6 Å². The van der Waals surface area contributed by atoms with Gasteiger partial charge in [0.1, 0.15) is 5.82 Å². The second kappa shape index (κ2) is 11.0. The van der Waals surface area contributed by atoms with Crippen LogP contribution in [0.4, 0.5) is 11.8 Å². The number of ether oxygens (including phenoxy) is 1. The quantitative estimate of drug-likeness (QED) is 0.408. The number of hydrogen-bond donors (Lipinski definition) is 1. The van der Waals surface area contributed by atoms with Crippen LogP contribution in [0.3, 0.4) is 0 Å². The van der Waals surface area contributed by atoms with Gasteiger partial charge >= 0.3 is 0 Å². The fourth-order valence-electron chi connectivity index (χ4n) is 5.27. The summed E-state index contributed by atoms with van der Waals surface area (Å²) in [5.74, 6) is 1.37. The van der Waals surface area contributed by atoms with Crippen LogP contribution in [0.2, 0.25) is 0 Å². The van der Waals surface area contributed by atoms with E-state index in [1.807, 2.05) is 33.8 Å². The predicted octanol–water partition coefficient (Wildman–Crippen LogP) is 2.41. The molecule has 0 atom stereocenters. The highest BCUT2D eigenvalue weighted by molar-refractivity contribution is 5.99. The van der Waals surface area contributed by atoms with E-state index in [9.17, 15) is 4.79 Å². The molecule has 10 nitrogen and oxygen atoms in total. The molecule has 4 aromatic rings. The molecule has 1 amide bonds. The molecule has 2 N–H and O–H groups in total. The minimum atomic E-state index is 0.172. The maximum atomic E-state index is 12.7. The van der Waals surface area contributed by atoms with Gasteiger partial charge in [-0.2, -0.15) is 4.98 Å². The van der Waals surface area contributed by atoms with Crippen molar-refractivity contribution in [2.75, 3.05) is 69.7 Å². The number of nitrogen functional groups attached to an aromatic ring is 1. The van der Waals surface area contributed by atoms with Gasteiger partial charge in [-0.1, -0.05) is 54.1 Å². The van der Waals surface area contributed by atoms with Gasteiger partial charge in [0.25, 0.3) is 0 Å². The highest BCUT2D eigenvalue weighted by atomic mass is 16.5. The molecule has 2 aromatic heterocycles. The number of rotatable bonds is 6. The Morgan fingerprint density at radius 2 is 1.72 bits per heavy atom. The number of carbonyl (C=O) groups is 1. The van der Waals surface area contributed by atoms with Crippen molar-refractivity contribution in [3.63, 3.8) is 0 Å². The van der Waals surface area contributed by atoms with Crippen molar-refractivity contribution in [3.05, 3.63) is 65.7 Å². The number of carbonyl (C=O) groups excluding carboxylic acids is 1. The van der Waals surface area contributed by atoms with Crippen molar-refractivity contribution in [3.8, 4) is 11.3 Å². The van der Waals surface area contributed by atoms with E-state index in [1.54, 1.807) is 0 Å². The third kappa shape index (κ3) is 5.43. The zero-order valence-electron chi connectivity index (χ0n) is 22.3. The Bertz CT molecular complexity index is 1460. The van der Waals surface area contributed by atoms with E-state index in [4.69, 9.17) is 25.5 Å². The molecule has 2 aliphatic rings. The van der Waals surface area contributed by atoms with Gasteiger partial charge < -0.3 is 20.3 Å². The number of anilines is 2. The molecule has 0 saturated carbocycles. The number of piperazine rings is 1. The van der Waals surface area contributed by atoms with Crippen molar-refractivity contribution in [2.24, 2.45) is 0 Å². The van der Waals surface area contributed by atoms with E-state index >= 15 is 0 Å². The maximum absolute atomic E-state index is 12.7.